The first-order valence-electron chi connectivity index (χ1n) is 7.08. The van der Waals surface area contributed by atoms with Crippen LogP contribution in [0.3, 0.4) is 0 Å². The minimum Gasteiger partial charge on any atom is -0.497 e. The first-order valence-corrected chi connectivity index (χ1v) is 7.08. The molecule has 4 rings (SSSR count). The molecule has 0 spiro atoms. The van der Waals surface area contributed by atoms with E-state index in [0.29, 0.717) is 0 Å². The van der Waals surface area contributed by atoms with Gasteiger partial charge in [-0.1, -0.05) is 24.3 Å². The van der Waals surface area contributed by atoms with Crippen molar-refractivity contribution in [2.24, 2.45) is 0 Å². The van der Waals surface area contributed by atoms with Crippen LogP contribution < -0.4 is 10.3 Å². The van der Waals surface area contributed by atoms with Gasteiger partial charge in [0.25, 0.3) is 5.56 Å². The first-order chi connectivity index (χ1) is 10.3. The highest BCUT2D eigenvalue weighted by molar-refractivity contribution is 5.86. The van der Waals surface area contributed by atoms with Crippen LogP contribution in [0.1, 0.15) is 5.56 Å². The van der Waals surface area contributed by atoms with Gasteiger partial charge in [0.05, 0.1) is 12.8 Å². The summed E-state index contributed by atoms with van der Waals surface area (Å²) in [5.74, 6) is 0.822. The number of pyridine rings is 1. The fourth-order valence-corrected chi connectivity index (χ4v) is 3.11. The molecular formula is C18H15NO2. The average molecular weight is 277 g/mol. The molecule has 0 bridgehead atoms. The predicted molar refractivity (Wildman–Crippen MR) is 83.9 cm³/mol. The van der Waals surface area contributed by atoms with Crippen molar-refractivity contribution in [1.29, 1.82) is 0 Å². The molecule has 1 aromatic heterocycles. The quantitative estimate of drug-likeness (QED) is 0.684. The number of nitrogens with zero attached hydrogens (tertiary/aromatic N) is 1. The van der Waals surface area contributed by atoms with Crippen LogP contribution in [0.4, 0.5) is 0 Å². The highest BCUT2D eigenvalue weighted by Crippen LogP contribution is 2.32. The zero-order chi connectivity index (χ0) is 14.4. The normalized spacial score (nSPS) is 12.8. The summed E-state index contributed by atoms with van der Waals surface area (Å²) in [5.41, 5.74) is 3.45. The van der Waals surface area contributed by atoms with E-state index in [0.717, 1.165) is 40.7 Å². The van der Waals surface area contributed by atoms with Crippen molar-refractivity contribution in [2.75, 3.05) is 7.11 Å². The van der Waals surface area contributed by atoms with Crippen LogP contribution in [-0.4, -0.2) is 11.7 Å². The molecule has 3 heteroatoms. The molecule has 21 heavy (non-hydrogen) atoms. The predicted octanol–water partition coefficient (Wildman–Crippen LogP) is 3.23. The van der Waals surface area contributed by atoms with Crippen molar-refractivity contribution >= 4 is 10.8 Å². The van der Waals surface area contributed by atoms with Gasteiger partial charge in [0.1, 0.15) is 5.75 Å². The fourth-order valence-electron chi connectivity index (χ4n) is 3.11. The van der Waals surface area contributed by atoms with Gasteiger partial charge in [0, 0.05) is 17.5 Å². The van der Waals surface area contributed by atoms with Crippen LogP contribution in [0.15, 0.2) is 53.3 Å². The Labute approximate surface area is 122 Å². The second-order valence-electron chi connectivity index (χ2n) is 5.35. The number of hydrogen-bond donors (Lipinski definition) is 0. The van der Waals surface area contributed by atoms with E-state index in [9.17, 15) is 4.79 Å². The molecule has 0 fully saturated rings. The van der Waals surface area contributed by atoms with E-state index in [-0.39, 0.29) is 5.56 Å². The van der Waals surface area contributed by atoms with Crippen LogP contribution in [0.5, 0.6) is 5.75 Å². The molecule has 0 saturated heterocycles. The molecule has 1 aliphatic heterocycles. The molecule has 0 atom stereocenters. The van der Waals surface area contributed by atoms with E-state index in [2.05, 4.69) is 12.1 Å². The van der Waals surface area contributed by atoms with E-state index in [4.69, 9.17) is 4.74 Å². The maximum Gasteiger partial charge on any atom is 0.258 e. The summed E-state index contributed by atoms with van der Waals surface area (Å²) in [5, 5.41) is 1.78. The number of methoxy groups -OCH3 is 1. The van der Waals surface area contributed by atoms with E-state index < -0.39 is 0 Å². The second-order valence-corrected chi connectivity index (χ2v) is 5.35. The van der Waals surface area contributed by atoms with Gasteiger partial charge in [-0.2, -0.15) is 0 Å². The molecule has 104 valence electrons. The number of aryl methyl sites for hydroxylation is 1. The summed E-state index contributed by atoms with van der Waals surface area (Å²) in [6, 6.07) is 16.0. The van der Waals surface area contributed by atoms with Crippen LogP contribution in [0.2, 0.25) is 0 Å². The van der Waals surface area contributed by atoms with Gasteiger partial charge in [-0.05, 0) is 41.6 Å². The van der Waals surface area contributed by atoms with Crippen molar-refractivity contribution in [3.05, 3.63) is 64.4 Å². The minimum atomic E-state index is 0.0940. The van der Waals surface area contributed by atoms with Gasteiger partial charge in [0.15, 0.2) is 0 Å². The van der Waals surface area contributed by atoms with Crippen molar-refractivity contribution in [3.63, 3.8) is 0 Å². The average Bonchev–Trinajstić information content (AvgIpc) is 2.54. The van der Waals surface area contributed by atoms with E-state index in [1.54, 1.807) is 7.11 Å². The summed E-state index contributed by atoms with van der Waals surface area (Å²) in [4.78, 5) is 12.7. The molecule has 2 heterocycles. The summed E-state index contributed by atoms with van der Waals surface area (Å²) in [6.45, 7) is 0.734. The van der Waals surface area contributed by atoms with Gasteiger partial charge < -0.3 is 9.30 Å². The Bertz CT molecular complexity index is 909. The standard InChI is InChI=1S/C18H15NO2/c1-21-14-7-6-12-8-9-19-17(16(12)11-14)10-13-4-2-3-5-15(13)18(19)20/h2-7,10-11H,8-9H2,1H3. The number of rotatable bonds is 1. The second kappa shape index (κ2) is 4.48. The largest absolute Gasteiger partial charge is 0.497 e. The zero-order valence-corrected chi connectivity index (χ0v) is 11.8. The lowest BCUT2D eigenvalue weighted by molar-refractivity contribution is 0.414. The Hall–Kier alpha value is -2.55. The first kappa shape index (κ1) is 12.2. The molecule has 3 aromatic rings. The third-order valence-corrected chi connectivity index (χ3v) is 4.22. The molecule has 0 amide bonds. The summed E-state index contributed by atoms with van der Waals surface area (Å²) < 4.78 is 7.20. The Morgan fingerprint density at radius 3 is 2.81 bits per heavy atom. The van der Waals surface area contributed by atoms with Gasteiger partial charge >= 0.3 is 0 Å². The lowest BCUT2D eigenvalue weighted by Gasteiger charge is -2.23. The Balaban J connectivity index is 2.08. The van der Waals surface area contributed by atoms with Crippen LogP contribution in [-0.2, 0) is 13.0 Å². The monoisotopic (exact) mass is 277 g/mol. The van der Waals surface area contributed by atoms with Crippen molar-refractivity contribution in [2.45, 2.75) is 13.0 Å². The molecule has 0 N–H and O–H groups in total. The number of hydrogen-bond acceptors (Lipinski definition) is 2. The third kappa shape index (κ3) is 1.77. The fraction of sp³-hybridized carbons (Fsp3) is 0.167. The molecule has 0 unspecified atom stereocenters. The van der Waals surface area contributed by atoms with Crippen LogP contribution in [0.25, 0.3) is 22.0 Å². The molecule has 3 nitrogen and oxygen atoms in total. The van der Waals surface area contributed by atoms with Crippen molar-refractivity contribution in [1.82, 2.24) is 4.57 Å². The van der Waals surface area contributed by atoms with Gasteiger partial charge in [-0.3, -0.25) is 4.79 Å². The Kier molecular flexibility index (Phi) is 2.61. The Morgan fingerprint density at radius 1 is 1.10 bits per heavy atom. The summed E-state index contributed by atoms with van der Waals surface area (Å²) in [7, 11) is 1.66. The van der Waals surface area contributed by atoms with Crippen LogP contribution in [0, 0.1) is 0 Å². The molecule has 1 aliphatic rings. The van der Waals surface area contributed by atoms with Gasteiger partial charge in [-0.15, -0.1) is 0 Å². The summed E-state index contributed by atoms with van der Waals surface area (Å²) in [6.07, 6.45) is 0.880. The van der Waals surface area contributed by atoms with Gasteiger partial charge in [-0.25, -0.2) is 0 Å². The minimum absolute atomic E-state index is 0.0940. The zero-order valence-electron chi connectivity index (χ0n) is 11.8. The number of ether oxygens (including phenoxy) is 1. The SMILES string of the molecule is COc1ccc2c(c1)-c1cc3ccccc3c(=O)n1CC2. The summed E-state index contributed by atoms with van der Waals surface area (Å²) >= 11 is 0. The van der Waals surface area contributed by atoms with Gasteiger partial charge in [0.2, 0.25) is 0 Å². The van der Waals surface area contributed by atoms with E-state index >= 15 is 0 Å². The Morgan fingerprint density at radius 2 is 1.95 bits per heavy atom. The van der Waals surface area contributed by atoms with Crippen LogP contribution >= 0.6 is 0 Å². The third-order valence-electron chi connectivity index (χ3n) is 4.22. The number of fused-ring (bicyclic) bond motifs is 4. The molecule has 0 saturated carbocycles. The molecule has 0 aliphatic carbocycles. The van der Waals surface area contributed by atoms with Crippen molar-refractivity contribution < 1.29 is 4.74 Å². The number of benzene rings is 2. The number of aromatic nitrogens is 1. The molecule has 2 aromatic carbocycles. The molecule has 0 radical (unpaired) electrons. The van der Waals surface area contributed by atoms with Crippen molar-refractivity contribution in [3.8, 4) is 17.0 Å². The van der Waals surface area contributed by atoms with E-state index in [1.807, 2.05) is 41.0 Å². The maximum atomic E-state index is 12.7. The smallest absolute Gasteiger partial charge is 0.258 e. The maximum absolute atomic E-state index is 12.7. The highest BCUT2D eigenvalue weighted by atomic mass is 16.5. The molecular weight excluding hydrogens is 262 g/mol. The lowest BCUT2D eigenvalue weighted by atomic mass is 9.95. The highest BCUT2D eigenvalue weighted by Gasteiger charge is 2.19. The topological polar surface area (TPSA) is 31.2 Å². The van der Waals surface area contributed by atoms with E-state index in [1.165, 1.54) is 5.56 Å². The lowest BCUT2D eigenvalue weighted by Crippen LogP contribution is -2.26.